The van der Waals surface area contributed by atoms with Gasteiger partial charge in [0.2, 0.25) is 0 Å². The van der Waals surface area contributed by atoms with Crippen molar-refractivity contribution in [3.05, 3.63) is 70.8 Å². The maximum Gasteiger partial charge on any atom is 0.191 e. The van der Waals surface area contributed by atoms with E-state index >= 15 is 0 Å². The van der Waals surface area contributed by atoms with Gasteiger partial charge in [-0.3, -0.25) is 0 Å². The van der Waals surface area contributed by atoms with E-state index in [1.807, 2.05) is 12.1 Å². The van der Waals surface area contributed by atoms with Crippen LogP contribution in [0.2, 0.25) is 0 Å². The molecule has 0 spiro atoms. The van der Waals surface area contributed by atoms with E-state index in [-0.39, 0.29) is 0 Å². The summed E-state index contributed by atoms with van der Waals surface area (Å²) in [6.07, 6.45) is 0. The third kappa shape index (κ3) is 4.48. The van der Waals surface area contributed by atoms with Crippen molar-refractivity contribution in [1.82, 2.24) is 0 Å². The number of nitriles is 2. The van der Waals surface area contributed by atoms with Crippen molar-refractivity contribution in [2.75, 3.05) is 0 Å². The molecular weight excluding hydrogens is 394 g/mol. The molecule has 0 amide bonds. The molecule has 0 heterocycles. The van der Waals surface area contributed by atoms with Crippen LogP contribution in [-0.4, -0.2) is 0 Å². The zero-order chi connectivity index (χ0) is 17.1. The van der Waals surface area contributed by atoms with Crippen LogP contribution >= 0.6 is 58.2 Å². The summed E-state index contributed by atoms with van der Waals surface area (Å²) in [5.41, 5.74) is 2.12. The maximum absolute atomic E-state index is 8.82. The Morgan fingerprint density at radius 2 is 0.957 bits per heavy atom. The molecule has 0 bridgehead atoms. The molecule has 0 saturated carbocycles. The van der Waals surface area contributed by atoms with Crippen LogP contribution in [0.4, 0.5) is 0 Å². The second kappa shape index (κ2) is 7.22. The van der Waals surface area contributed by atoms with E-state index in [2.05, 4.69) is 0 Å². The first-order chi connectivity index (χ1) is 10.8. The van der Waals surface area contributed by atoms with Gasteiger partial charge in [0.15, 0.2) is 7.33 Å². The summed E-state index contributed by atoms with van der Waals surface area (Å²) in [7, 11) is 0. The molecule has 116 valence electrons. The molecule has 7 heteroatoms. The van der Waals surface area contributed by atoms with Crippen LogP contribution < -0.4 is 0 Å². The fourth-order valence-electron chi connectivity index (χ4n) is 1.76. The van der Waals surface area contributed by atoms with Gasteiger partial charge in [-0.05, 0) is 35.4 Å². The summed E-state index contributed by atoms with van der Waals surface area (Å²) in [6, 6.07) is 17.1. The summed E-state index contributed by atoms with van der Waals surface area (Å²) in [4.78, 5) is 0. The lowest BCUT2D eigenvalue weighted by Crippen LogP contribution is -2.15. The molecule has 0 aliphatic rings. The lowest BCUT2D eigenvalue weighted by molar-refractivity contribution is 1.19. The third-order valence-corrected chi connectivity index (χ3v) is 5.74. The quantitative estimate of drug-likeness (QED) is 0.586. The summed E-state index contributed by atoms with van der Waals surface area (Å²) in [6.45, 7) is 0. The molecule has 2 aromatic rings. The van der Waals surface area contributed by atoms with Crippen molar-refractivity contribution in [2.45, 2.75) is 7.33 Å². The van der Waals surface area contributed by atoms with Crippen LogP contribution in [0.25, 0.3) is 0 Å². The number of hydrogen-bond donors (Lipinski definition) is 0. The van der Waals surface area contributed by atoms with Gasteiger partial charge < -0.3 is 0 Å². The molecule has 0 unspecified atom stereocenters. The Morgan fingerprint density at radius 1 is 0.652 bits per heavy atom. The first kappa shape index (κ1) is 18.3. The number of alkyl halides is 4. The highest BCUT2D eigenvalue weighted by molar-refractivity contribution is 8.05. The van der Waals surface area contributed by atoms with E-state index in [9.17, 15) is 0 Å². The maximum atomic E-state index is 8.82. The van der Waals surface area contributed by atoms with Crippen molar-refractivity contribution < 1.29 is 0 Å². The van der Waals surface area contributed by atoms with E-state index in [1.54, 1.807) is 48.5 Å². The average molecular weight is 402 g/mol. The van der Waals surface area contributed by atoms with Crippen molar-refractivity contribution in [2.24, 2.45) is 0 Å². The van der Waals surface area contributed by atoms with Gasteiger partial charge in [0.25, 0.3) is 0 Å². The van der Waals surface area contributed by atoms with Crippen LogP contribution in [0.3, 0.4) is 0 Å². The van der Waals surface area contributed by atoms with Crippen molar-refractivity contribution >= 4 is 58.2 Å². The molecule has 0 aliphatic carbocycles. The van der Waals surface area contributed by atoms with Crippen molar-refractivity contribution in [1.29, 1.82) is 10.5 Å². The Balaban J connectivity index is 2.26. The molecule has 0 aromatic heterocycles. The van der Waals surface area contributed by atoms with Crippen LogP contribution in [0.1, 0.15) is 22.3 Å². The number of halogens is 4. The van der Waals surface area contributed by atoms with E-state index in [0.29, 0.717) is 22.3 Å². The Kier molecular flexibility index (Phi) is 5.74. The van der Waals surface area contributed by atoms with Crippen LogP contribution in [-0.2, 0) is 7.33 Å². The minimum atomic E-state index is -1.41. The number of benzene rings is 2. The largest absolute Gasteiger partial charge is 0.192 e. The number of nitrogens with zero attached hydrogens (tertiary/aromatic N) is 2. The lowest BCUT2D eigenvalue weighted by Gasteiger charge is -2.28. The molecule has 2 rings (SSSR count). The van der Waals surface area contributed by atoms with Gasteiger partial charge in [-0.2, -0.15) is 10.5 Å². The predicted octanol–water partition coefficient (Wildman–Crippen LogP) is 6.04. The van der Waals surface area contributed by atoms with Crippen LogP contribution in [0, 0.1) is 22.7 Å². The Bertz CT molecular complexity index is 704. The fraction of sp³-hybridized carbons (Fsp3) is 0.125. The van der Waals surface area contributed by atoms with Gasteiger partial charge in [-0.1, -0.05) is 82.4 Å². The molecule has 0 saturated heterocycles. The highest BCUT2D eigenvalue weighted by Gasteiger charge is 2.40. The monoisotopic (exact) mass is 400 g/mol. The standard InChI is InChI=1S/C16H8Cl4N2S/c17-15(18,13-5-1-11(9-21)2-6-13)23-16(19,20)14-7-3-12(10-22)4-8-14/h1-8H. The average Bonchev–Trinajstić information content (AvgIpc) is 2.54. The van der Waals surface area contributed by atoms with Crippen LogP contribution in [0.15, 0.2) is 48.5 Å². The van der Waals surface area contributed by atoms with Gasteiger partial charge in [0.1, 0.15) is 0 Å². The van der Waals surface area contributed by atoms with Gasteiger partial charge in [-0.25, -0.2) is 0 Å². The van der Waals surface area contributed by atoms with E-state index in [1.165, 1.54) is 0 Å². The SMILES string of the molecule is N#Cc1ccc(C(Cl)(Cl)SC(Cl)(Cl)c2ccc(C#N)cc2)cc1. The number of rotatable bonds is 4. The molecule has 2 aromatic carbocycles. The zero-order valence-corrected chi connectivity index (χ0v) is 15.3. The second-order valence-corrected chi connectivity index (χ2v) is 9.49. The summed E-state index contributed by atoms with van der Waals surface area (Å²) >= 11 is 26.4. The summed E-state index contributed by atoms with van der Waals surface area (Å²) < 4.78 is -2.82. The molecule has 23 heavy (non-hydrogen) atoms. The van der Waals surface area contributed by atoms with Gasteiger partial charge >= 0.3 is 0 Å². The highest BCUT2D eigenvalue weighted by atomic mass is 35.5. The predicted molar refractivity (Wildman–Crippen MR) is 96.7 cm³/mol. The Hall–Kier alpha value is -1.07. The van der Waals surface area contributed by atoms with Crippen molar-refractivity contribution in [3.8, 4) is 12.1 Å². The molecule has 0 atom stereocenters. The zero-order valence-electron chi connectivity index (χ0n) is 11.4. The van der Waals surface area contributed by atoms with Crippen LogP contribution in [0.5, 0.6) is 0 Å². The highest BCUT2D eigenvalue weighted by Crippen LogP contribution is 2.58. The third-order valence-electron chi connectivity index (χ3n) is 2.96. The van der Waals surface area contributed by atoms with E-state index in [0.717, 1.165) is 11.8 Å². The van der Waals surface area contributed by atoms with Gasteiger partial charge in [0.05, 0.1) is 23.3 Å². The normalized spacial score (nSPS) is 11.6. The summed E-state index contributed by atoms with van der Waals surface area (Å²) in [5.74, 6) is 0. The van der Waals surface area contributed by atoms with Crippen molar-refractivity contribution in [3.63, 3.8) is 0 Å². The smallest absolute Gasteiger partial charge is 0.191 e. The van der Waals surface area contributed by atoms with E-state index < -0.39 is 7.33 Å². The molecule has 0 radical (unpaired) electrons. The topological polar surface area (TPSA) is 47.6 Å². The Labute approximate surface area is 158 Å². The lowest BCUT2D eigenvalue weighted by atomic mass is 10.2. The molecule has 0 aliphatic heterocycles. The number of hydrogen-bond acceptors (Lipinski definition) is 3. The number of thioether (sulfide) groups is 1. The molecule has 2 nitrogen and oxygen atoms in total. The second-order valence-electron chi connectivity index (χ2n) is 4.51. The Morgan fingerprint density at radius 3 is 1.22 bits per heavy atom. The first-order valence-electron chi connectivity index (χ1n) is 6.25. The minimum Gasteiger partial charge on any atom is -0.192 e. The molecule has 0 fully saturated rings. The van der Waals surface area contributed by atoms with E-state index in [4.69, 9.17) is 56.9 Å². The summed E-state index contributed by atoms with van der Waals surface area (Å²) in [5, 5.41) is 17.6. The van der Waals surface area contributed by atoms with Gasteiger partial charge in [0, 0.05) is 0 Å². The first-order valence-corrected chi connectivity index (χ1v) is 8.58. The minimum absolute atomic E-state index is 0.498. The molecule has 0 N–H and O–H groups in total. The molecular formula is C16H8Cl4N2S. The van der Waals surface area contributed by atoms with Gasteiger partial charge in [-0.15, -0.1) is 0 Å². The fourth-order valence-corrected chi connectivity index (χ4v) is 4.95.